The van der Waals surface area contributed by atoms with E-state index in [0.717, 1.165) is 38.4 Å². The Balaban J connectivity index is 1.26. The Hall–Kier alpha value is -4.96. The predicted molar refractivity (Wildman–Crippen MR) is 173 cm³/mol. The number of alkyl halides is 1. The van der Waals surface area contributed by atoms with E-state index >= 15 is 4.39 Å². The Morgan fingerprint density at radius 1 is 1.19 bits per heavy atom. The number of hydrogen-bond donors (Lipinski definition) is 2. The number of aromatic hydroxyl groups is 1. The van der Waals surface area contributed by atoms with Crippen molar-refractivity contribution in [2.24, 2.45) is 0 Å². The third-order valence-corrected chi connectivity index (χ3v) is 10.5. The van der Waals surface area contributed by atoms with Crippen molar-refractivity contribution in [3.05, 3.63) is 47.7 Å². The Kier molecular flexibility index (Phi) is 7.17. The van der Waals surface area contributed by atoms with Crippen molar-refractivity contribution in [1.29, 1.82) is 5.41 Å². The van der Waals surface area contributed by atoms with Crippen molar-refractivity contribution in [3.8, 4) is 35.4 Å². The SMILES string of the molecule is C#Cc1c(F)ccc2cc(O)cc(-c3ncc4c(N5CC6CCC(C5)N6C(=O)C=N)nc(OC[C@@]56CCCN5C[C@H](F)C6)nc4c3F)c12. The van der Waals surface area contributed by atoms with Gasteiger partial charge in [-0.25, -0.2) is 13.2 Å². The van der Waals surface area contributed by atoms with Crippen LogP contribution in [-0.4, -0.2) is 98.6 Å². The predicted octanol–water partition coefficient (Wildman–Crippen LogP) is 4.59. The number of fused-ring (bicyclic) bond motifs is 5. The number of carbonyl (C=O) groups is 1. The van der Waals surface area contributed by atoms with Gasteiger partial charge in [0.05, 0.1) is 34.8 Å². The molecule has 2 N–H and O–H groups in total. The highest BCUT2D eigenvalue weighted by molar-refractivity contribution is 6.25. The molecule has 0 spiro atoms. The molecule has 10 nitrogen and oxygen atoms in total. The summed E-state index contributed by atoms with van der Waals surface area (Å²) in [7, 11) is 0. The summed E-state index contributed by atoms with van der Waals surface area (Å²) >= 11 is 0. The normalized spacial score (nSPS) is 25.1. The number of piperazine rings is 1. The van der Waals surface area contributed by atoms with Crippen LogP contribution in [0.1, 0.15) is 37.7 Å². The van der Waals surface area contributed by atoms with E-state index in [-0.39, 0.29) is 64.1 Å². The van der Waals surface area contributed by atoms with Gasteiger partial charge in [0, 0.05) is 43.2 Å². The van der Waals surface area contributed by atoms with E-state index in [1.54, 1.807) is 4.90 Å². The zero-order valence-corrected chi connectivity index (χ0v) is 25.9. The number of halogens is 3. The minimum absolute atomic E-state index is 0.0847. The number of ether oxygens (including phenoxy) is 1. The van der Waals surface area contributed by atoms with Crippen LogP contribution in [0.3, 0.4) is 0 Å². The second kappa shape index (κ2) is 11.3. The van der Waals surface area contributed by atoms with Gasteiger partial charge >= 0.3 is 6.01 Å². The molecule has 2 aromatic carbocycles. The molecule has 4 aliphatic heterocycles. The molecule has 6 heterocycles. The first-order chi connectivity index (χ1) is 23.2. The molecule has 4 aromatic rings. The van der Waals surface area contributed by atoms with Gasteiger partial charge in [0.1, 0.15) is 41.4 Å². The van der Waals surface area contributed by atoms with Gasteiger partial charge in [-0.05, 0) is 55.8 Å². The monoisotopic (exact) mass is 655 g/mol. The van der Waals surface area contributed by atoms with Gasteiger partial charge in [-0.2, -0.15) is 9.97 Å². The molecule has 2 bridgehead atoms. The molecule has 4 saturated heterocycles. The quantitative estimate of drug-likeness (QED) is 0.229. The Labute approximate surface area is 274 Å². The molecule has 0 saturated carbocycles. The van der Waals surface area contributed by atoms with Gasteiger partial charge in [0.15, 0.2) is 5.82 Å². The second-order valence-electron chi connectivity index (χ2n) is 13.2. The smallest absolute Gasteiger partial charge is 0.319 e. The fourth-order valence-corrected chi connectivity index (χ4v) is 8.43. The van der Waals surface area contributed by atoms with E-state index in [9.17, 15) is 18.7 Å². The average Bonchev–Trinajstić information content (AvgIpc) is 3.69. The molecule has 1 amide bonds. The Bertz CT molecular complexity index is 2040. The summed E-state index contributed by atoms with van der Waals surface area (Å²) in [4.78, 5) is 32.1. The Morgan fingerprint density at radius 3 is 2.73 bits per heavy atom. The zero-order chi connectivity index (χ0) is 33.3. The maximum Gasteiger partial charge on any atom is 0.319 e. The zero-order valence-electron chi connectivity index (χ0n) is 25.9. The van der Waals surface area contributed by atoms with Crippen molar-refractivity contribution >= 4 is 39.6 Å². The third-order valence-electron chi connectivity index (χ3n) is 10.5. The lowest BCUT2D eigenvalue weighted by atomic mass is 9.95. The topological polar surface area (TPSA) is 119 Å². The van der Waals surface area contributed by atoms with Crippen molar-refractivity contribution in [2.75, 3.05) is 37.7 Å². The fourth-order valence-electron chi connectivity index (χ4n) is 8.43. The highest BCUT2D eigenvalue weighted by Gasteiger charge is 2.49. The number of terminal acetylenes is 1. The summed E-state index contributed by atoms with van der Waals surface area (Å²) < 4.78 is 52.5. The number of phenols is 1. The maximum absolute atomic E-state index is 16.9. The summed E-state index contributed by atoms with van der Waals surface area (Å²) in [6, 6.07) is 4.94. The number of aromatic nitrogens is 3. The number of amides is 1. The van der Waals surface area contributed by atoms with Gasteiger partial charge < -0.3 is 25.1 Å². The third kappa shape index (κ3) is 4.72. The molecule has 246 valence electrons. The van der Waals surface area contributed by atoms with Crippen LogP contribution in [0.25, 0.3) is 32.9 Å². The van der Waals surface area contributed by atoms with Crippen LogP contribution in [0.2, 0.25) is 0 Å². The van der Waals surface area contributed by atoms with Crippen molar-refractivity contribution in [2.45, 2.75) is 55.9 Å². The standard InChI is InChI=1S/C35H32F3N7O3/c1-2-24-27(37)7-4-19-10-23(46)11-25(29(19)24)31-30(38)32-26(14-40-31)33(43-16-21-5-6-22(17-43)45(21)28(47)13-39)42-34(41-32)48-18-35-8-3-9-44(35)15-20(36)12-35/h1,4,7,10-11,13-14,20-22,39,46H,3,5-6,8-9,12,15-18H2/t20-,21?,22?,35+/m1/s1. The lowest BCUT2D eigenvalue weighted by Crippen LogP contribution is -2.56. The number of pyridine rings is 1. The Morgan fingerprint density at radius 2 is 1.98 bits per heavy atom. The van der Waals surface area contributed by atoms with Crippen molar-refractivity contribution < 1.29 is 27.8 Å². The largest absolute Gasteiger partial charge is 0.508 e. The van der Waals surface area contributed by atoms with E-state index in [1.807, 2.05) is 4.90 Å². The molecule has 0 aliphatic carbocycles. The number of nitrogens with zero attached hydrogens (tertiary/aromatic N) is 6. The average molecular weight is 656 g/mol. The summed E-state index contributed by atoms with van der Waals surface area (Å²) in [5.74, 6) is 0.680. The van der Waals surface area contributed by atoms with E-state index in [0.29, 0.717) is 42.6 Å². The number of carbonyl (C=O) groups excluding carboxylic acids is 1. The summed E-state index contributed by atoms with van der Waals surface area (Å²) in [6.45, 7) is 2.04. The lowest BCUT2D eigenvalue weighted by molar-refractivity contribution is -0.126. The molecule has 4 aliphatic rings. The minimum atomic E-state index is -0.960. The first-order valence-corrected chi connectivity index (χ1v) is 16.1. The van der Waals surface area contributed by atoms with Crippen LogP contribution in [0.5, 0.6) is 11.8 Å². The van der Waals surface area contributed by atoms with Crippen molar-refractivity contribution in [3.63, 3.8) is 0 Å². The molecule has 2 unspecified atom stereocenters. The summed E-state index contributed by atoms with van der Waals surface area (Å²) in [5.41, 5.74) is -0.785. The number of nitrogens with one attached hydrogen (secondary N) is 1. The van der Waals surface area contributed by atoms with Gasteiger partial charge in [0.25, 0.3) is 5.91 Å². The molecule has 8 rings (SSSR count). The van der Waals surface area contributed by atoms with E-state index in [4.69, 9.17) is 21.6 Å². The van der Waals surface area contributed by atoms with Crippen LogP contribution < -0.4 is 9.64 Å². The van der Waals surface area contributed by atoms with Crippen LogP contribution in [0.4, 0.5) is 19.0 Å². The molecule has 4 fully saturated rings. The van der Waals surface area contributed by atoms with Crippen LogP contribution in [0, 0.1) is 29.4 Å². The number of phenolic OH excluding ortho intramolecular Hbond substituents is 1. The molecular formula is C35H32F3N7O3. The van der Waals surface area contributed by atoms with Gasteiger partial charge in [-0.15, -0.1) is 6.42 Å². The van der Waals surface area contributed by atoms with E-state index in [2.05, 4.69) is 20.8 Å². The van der Waals surface area contributed by atoms with Crippen LogP contribution in [-0.2, 0) is 4.79 Å². The molecule has 48 heavy (non-hydrogen) atoms. The van der Waals surface area contributed by atoms with Gasteiger partial charge in [-0.1, -0.05) is 12.0 Å². The van der Waals surface area contributed by atoms with E-state index < -0.39 is 23.3 Å². The molecule has 13 heteroatoms. The molecule has 4 atom stereocenters. The highest BCUT2D eigenvalue weighted by atomic mass is 19.1. The molecule has 2 aromatic heterocycles. The first-order valence-electron chi connectivity index (χ1n) is 16.1. The number of rotatable bonds is 6. The van der Waals surface area contributed by atoms with Crippen LogP contribution in [0.15, 0.2) is 30.5 Å². The fraction of sp³-hybridized carbons (Fsp3) is 0.400. The number of benzene rings is 2. The second-order valence-corrected chi connectivity index (χ2v) is 13.2. The molecular weight excluding hydrogens is 623 g/mol. The number of hydrogen-bond acceptors (Lipinski definition) is 9. The maximum atomic E-state index is 16.9. The lowest BCUT2D eigenvalue weighted by Gasteiger charge is -2.41. The number of anilines is 1. The summed E-state index contributed by atoms with van der Waals surface area (Å²) in [5, 5.41) is 19.0. The summed E-state index contributed by atoms with van der Waals surface area (Å²) in [6.07, 6.45) is 10.5. The highest BCUT2D eigenvalue weighted by Crippen LogP contribution is 2.42. The van der Waals surface area contributed by atoms with Gasteiger partial charge in [0.2, 0.25) is 0 Å². The minimum Gasteiger partial charge on any atom is -0.508 e. The van der Waals surface area contributed by atoms with Crippen LogP contribution >= 0.6 is 0 Å². The van der Waals surface area contributed by atoms with Crippen molar-refractivity contribution in [1.82, 2.24) is 24.8 Å². The molecule has 0 radical (unpaired) electrons. The first kappa shape index (κ1) is 30.4. The van der Waals surface area contributed by atoms with Gasteiger partial charge in [-0.3, -0.25) is 14.7 Å². The van der Waals surface area contributed by atoms with E-state index in [1.165, 1.54) is 30.5 Å².